The molecule has 0 fully saturated rings. The lowest BCUT2D eigenvalue weighted by Crippen LogP contribution is -2.40. The average Bonchev–Trinajstić information content (AvgIpc) is 2.47. The van der Waals surface area contributed by atoms with Crippen molar-refractivity contribution in [2.75, 3.05) is 0 Å². The fourth-order valence-corrected chi connectivity index (χ4v) is 1.67. The summed E-state index contributed by atoms with van der Waals surface area (Å²) in [6.07, 6.45) is 2.73. The van der Waals surface area contributed by atoms with Crippen molar-refractivity contribution in [1.82, 2.24) is 14.9 Å². The van der Waals surface area contributed by atoms with E-state index in [-0.39, 0.29) is 10.1 Å². The molecular formula is C13H8ClF2N3O2. The van der Waals surface area contributed by atoms with E-state index in [1.54, 1.807) is 0 Å². The Morgan fingerprint density at radius 1 is 1.10 bits per heavy atom. The normalized spacial score (nSPS) is 10.0. The molecule has 0 saturated heterocycles. The van der Waals surface area contributed by atoms with Crippen LogP contribution < -0.4 is 5.43 Å². The van der Waals surface area contributed by atoms with E-state index in [1.807, 2.05) is 5.43 Å². The SMILES string of the molecule is O=C(NN(Cl)C(=O)c1c(F)cccc1F)c1ccncc1. The van der Waals surface area contributed by atoms with Gasteiger partial charge in [0.15, 0.2) is 0 Å². The maximum atomic E-state index is 13.5. The molecule has 21 heavy (non-hydrogen) atoms. The number of benzene rings is 1. The summed E-state index contributed by atoms with van der Waals surface area (Å²) in [6.45, 7) is 0. The third kappa shape index (κ3) is 3.32. The fourth-order valence-electron chi connectivity index (χ4n) is 1.51. The van der Waals surface area contributed by atoms with Gasteiger partial charge in [-0.05, 0) is 24.3 Å². The van der Waals surface area contributed by atoms with Crippen molar-refractivity contribution >= 4 is 23.6 Å². The Hall–Kier alpha value is -2.54. The molecule has 2 amide bonds. The zero-order chi connectivity index (χ0) is 15.4. The standard InChI is InChI=1S/C13H8ClF2N3O2/c14-19(18-12(20)8-4-6-17-7-5-8)13(21)11-9(15)2-1-3-10(11)16/h1-7H,(H,18,20). The molecule has 2 aromatic rings. The molecule has 1 heterocycles. The quantitative estimate of drug-likeness (QED) is 0.684. The Morgan fingerprint density at radius 2 is 1.67 bits per heavy atom. The lowest BCUT2D eigenvalue weighted by molar-refractivity contribution is 0.0722. The van der Waals surface area contributed by atoms with Gasteiger partial charge in [0.05, 0.1) is 0 Å². The number of rotatable bonds is 2. The number of nitrogens with one attached hydrogen (secondary N) is 1. The molecule has 0 aliphatic carbocycles. The number of hydrogen-bond donors (Lipinski definition) is 1. The second-order valence-electron chi connectivity index (χ2n) is 3.86. The van der Waals surface area contributed by atoms with E-state index in [0.717, 1.165) is 18.2 Å². The first kappa shape index (κ1) is 14.9. The van der Waals surface area contributed by atoms with Crippen molar-refractivity contribution < 1.29 is 18.4 Å². The van der Waals surface area contributed by atoms with Gasteiger partial charge in [-0.1, -0.05) is 6.07 Å². The van der Waals surface area contributed by atoms with Crippen molar-refractivity contribution in [3.8, 4) is 0 Å². The summed E-state index contributed by atoms with van der Waals surface area (Å²) in [4.78, 5) is 27.3. The van der Waals surface area contributed by atoms with Crippen molar-refractivity contribution in [2.24, 2.45) is 0 Å². The minimum Gasteiger partial charge on any atom is -0.267 e. The molecule has 0 aliphatic rings. The van der Waals surface area contributed by atoms with Crippen LogP contribution in [0.1, 0.15) is 20.7 Å². The summed E-state index contributed by atoms with van der Waals surface area (Å²) in [5.74, 6) is -4.11. The highest BCUT2D eigenvalue weighted by atomic mass is 35.5. The highest BCUT2D eigenvalue weighted by molar-refractivity contribution is 6.24. The summed E-state index contributed by atoms with van der Waals surface area (Å²) in [6, 6.07) is 5.69. The van der Waals surface area contributed by atoms with Crippen molar-refractivity contribution in [2.45, 2.75) is 0 Å². The predicted molar refractivity (Wildman–Crippen MR) is 70.1 cm³/mol. The number of carbonyl (C=O) groups is 2. The fraction of sp³-hybridized carbons (Fsp3) is 0. The van der Waals surface area contributed by atoms with Gasteiger partial charge >= 0.3 is 0 Å². The molecule has 108 valence electrons. The van der Waals surface area contributed by atoms with Gasteiger partial charge < -0.3 is 0 Å². The van der Waals surface area contributed by atoms with Gasteiger partial charge in [0.2, 0.25) is 0 Å². The largest absolute Gasteiger partial charge is 0.293 e. The molecule has 1 aromatic carbocycles. The van der Waals surface area contributed by atoms with Gasteiger partial charge in [-0.2, -0.15) is 4.53 Å². The maximum absolute atomic E-state index is 13.5. The van der Waals surface area contributed by atoms with E-state index in [1.165, 1.54) is 24.5 Å². The highest BCUT2D eigenvalue weighted by Gasteiger charge is 2.23. The van der Waals surface area contributed by atoms with Crippen LogP contribution in [0.25, 0.3) is 0 Å². The van der Waals surface area contributed by atoms with Crippen LogP contribution in [0, 0.1) is 11.6 Å². The molecule has 0 atom stereocenters. The summed E-state index contributed by atoms with van der Waals surface area (Å²) >= 11 is 5.56. The zero-order valence-corrected chi connectivity index (χ0v) is 11.1. The number of hydrogen-bond acceptors (Lipinski definition) is 3. The van der Waals surface area contributed by atoms with E-state index in [2.05, 4.69) is 4.98 Å². The Bertz CT molecular complexity index is 662. The first-order valence-electron chi connectivity index (χ1n) is 5.66. The van der Waals surface area contributed by atoms with Crippen molar-refractivity contribution in [3.05, 3.63) is 65.5 Å². The van der Waals surface area contributed by atoms with Gasteiger partial charge in [0.1, 0.15) is 17.2 Å². The van der Waals surface area contributed by atoms with Crippen LogP contribution in [0.4, 0.5) is 8.78 Å². The molecule has 0 radical (unpaired) electrons. The Morgan fingerprint density at radius 3 is 2.24 bits per heavy atom. The molecular weight excluding hydrogens is 304 g/mol. The molecule has 0 saturated carbocycles. The van der Waals surface area contributed by atoms with Crippen molar-refractivity contribution in [1.29, 1.82) is 0 Å². The number of nitrogens with zero attached hydrogens (tertiary/aromatic N) is 2. The van der Waals surface area contributed by atoms with Crippen LogP contribution in [0.5, 0.6) is 0 Å². The molecule has 1 N–H and O–H groups in total. The minimum absolute atomic E-state index is 0.178. The zero-order valence-electron chi connectivity index (χ0n) is 10.4. The second-order valence-corrected chi connectivity index (χ2v) is 4.20. The number of hydrazine groups is 1. The molecule has 0 spiro atoms. The van der Waals surface area contributed by atoms with Crippen molar-refractivity contribution in [3.63, 3.8) is 0 Å². The van der Waals surface area contributed by atoms with Gasteiger partial charge in [-0.3, -0.25) is 14.6 Å². The number of halogens is 3. The minimum atomic E-state index is -1.23. The lowest BCUT2D eigenvalue weighted by Gasteiger charge is -2.15. The second kappa shape index (κ2) is 6.27. The topological polar surface area (TPSA) is 62.3 Å². The Balaban J connectivity index is 2.15. The van der Waals surface area contributed by atoms with Crippen LogP contribution in [0.15, 0.2) is 42.7 Å². The van der Waals surface area contributed by atoms with Crippen LogP contribution in [0.3, 0.4) is 0 Å². The van der Waals surface area contributed by atoms with E-state index in [9.17, 15) is 18.4 Å². The van der Waals surface area contributed by atoms with E-state index >= 15 is 0 Å². The van der Waals surface area contributed by atoms with E-state index in [0.29, 0.717) is 0 Å². The molecule has 2 rings (SSSR count). The first-order chi connectivity index (χ1) is 10.0. The molecule has 0 aliphatic heterocycles. The van der Waals surface area contributed by atoms with E-state index in [4.69, 9.17) is 11.8 Å². The van der Waals surface area contributed by atoms with E-state index < -0.39 is 29.0 Å². The predicted octanol–water partition coefficient (Wildman–Crippen LogP) is 2.30. The smallest absolute Gasteiger partial charge is 0.267 e. The summed E-state index contributed by atoms with van der Waals surface area (Å²) in [5, 5.41) is 0. The van der Waals surface area contributed by atoms with Gasteiger partial charge in [-0.25, -0.2) is 14.2 Å². The number of carbonyl (C=O) groups excluding carboxylic acids is 2. The number of amides is 2. The summed E-state index contributed by atoms with van der Waals surface area (Å²) < 4.78 is 27.1. The molecule has 0 unspecified atom stereocenters. The Kier molecular flexibility index (Phi) is 4.44. The van der Waals surface area contributed by atoms with Crippen LogP contribution >= 0.6 is 11.8 Å². The number of aromatic nitrogens is 1. The van der Waals surface area contributed by atoms with Crippen LogP contribution in [-0.4, -0.2) is 21.3 Å². The maximum Gasteiger partial charge on any atom is 0.293 e. The average molecular weight is 312 g/mol. The molecule has 8 heteroatoms. The van der Waals surface area contributed by atoms with Crippen LogP contribution in [0.2, 0.25) is 0 Å². The van der Waals surface area contributed by atoms with Gasteiger partial charge in [-0.15, -0.1) is 0 Å². The van der Waals surface area contributed by atoms with Gasteiger partial charge in [0, 0.05) is 29.7 Å². The van der Waals surface area contributed by atoms with Gasteiger partial charge in [0.25, 0.3) is 11.8 Å². The molecule has 5 nitrogen and oxygen atoms in total. The third-order valence-electron chi connectivity index (χ3n) is 2.50. The summed E-state index contributed by atoms with van der Waals surface area (Å²) in [5.41, 5.74) is 1.32. The number of pyridine rings is 1. The summed E-state index contributed by atoms with van der Waals surface area (Å²) in [7, 11) is 0. The lowest BCUT2D eigenvalue weighted by atomic mass is 10.2. The Labute approximate surface area is 123 Å². The molecule has 1 aromatic heterocycles. The monoisotopic (exact) mass is 311 g/mol. The molecule has 0 bridgehead atoms. The first-order valence-corrected chi connectivity index (χ1v) is 5.99. The van der Waals surface area contributed by atoms with Crippen LogP contribution in [-0.2, 0) is 0 Å². The third-order valence-corrected chi connectivity index (χ3v) is 2.74. The highest BCUT2D eigenvalue weighted by Crippen LogP contribution is 2.15.